The maximum absolute atomic E-state index is 12.0. The Kier molecular flexibility index (Phi) is 4.77. The van der Waals surface area contributed by atoms with E-state index < -0.39 is 0 Å². The molecular formula is C19H15ClN2O2. The molecule has 0 unspecified atom stereocenters. The zero-order valence-corrected chi connectivity index (χ0v) is 13.5. The van der Waals surface area contributed by atoms with Gasteiger partial charge in [-0.2, -0.15) is 0 Å². The van der Waals surface area contributed by atoms with Crippen molar-refractivity contribution >= 4 is 34.5 Å². The third kappa shape index (κ3) is 3.91. The number of halogens is 1. The lowest BCUT2D eigenvalue weighted by Gasteiger charge is -2.06. The van der Waals surface area contributed by atoms with Crippen LogP contribution in [0.3, 0.4) is 0 Å². The van der Waals surface area contributed by atoms with Gasteiger partial charge in [0.25, 0.3) is 0 Å². The van der Waals surface area contributed by atoms with Crippen LogP contribution in [0.2, 0.25) is 5.02 Å². The maximum Gasteiger partial charge on any atom is 0.248 e. The number of H-pyrrole nitrogens is 1. The van der Waals surface area contributed by atoms with Crippen LogP contribution in [0.15, 0.2) is 65.5 Å². The summed E-state index contributed by atoms with van der Waals surface area (Å²) < 4.78 is 0. The van der Waals surface area contributed by atoms with Gasteiger partial charge in [0.05, 0.1) is 0 Å². The van der Waals surface area contributed by atoms with E-state index in [-0.39, 0.29) is 18.0 Å². The van der Waals surface area contributed by atoms with Gasteiger partial charge in [0.15, 0.2) is 0 Å². The highest BCUT2D eigenvalue weighted by atomic mass is 35.5. The Morgan fingerprint density at radius 2 is 1.96 bits per heavy atom. The number of pyridine rings is 1. The number of fused-ring (bicyclic) bond motifs is 1. The molecule has 3 rings (SSSR count). The van der Waals surface area contributed by atoms with Gasteiger partial charge >= 0.3 is 0 Å². The summed E-state index contributed by atoms with van der Waals surface area (Å²) in [6.07, 6.45) is 3.14. The molecule has 0 aliphatic rings. The number of carbonyl (C=O) groups excluding carboxylic acids is 1. The molecule has 0 bridgehead atoms. The molecule has 0 radical (unpaired) electrons. The highest BCUT2D eigenvalue weighted by Crippen LogP contribution is 2.14. The molecule has 0 fully saturated rings. The van der Waals surface area contributed by atoms with Gasteiger partial charge in [-0.25, -0.2) is 0 Å². The Morgan fingerprint density at radius 1 is 1.12 bits per heavy atom. The van der Waals surface area contributed by atoms with Crippen molar-refractivity contribution in [2.45, 2.75) is 6.54 Å². The Bertz CT molecular complexity index is 976. The van der Waals surface area contributed by atoms with E-state index in [0.29, 0.717) is 5.02 Å². The molecule has 0 aliphatic carbocycles. The van der Waals surface area contributed by atoms with E-state index in [1.54, 1.807) is 18.2 Å². The normalized spacial score (nSPS) is 11.0. The van der Waals surface area contributed by atoms with Crippen molar-refractivity contribution < 1.29 is 4.79 Å². The minimum absolute atomic E-state index is 0.188. The van der Waals surface area contributed by atoms with Crippen LogP contribution in [0.25, 0.3) is 17.0 Å². The van der Waals surface area contributed by atoms with Crippen LogP contribution in [0.1, 0.15) is 11.1 Å². The number of aromatic amines is 1. The fraction of sp³-hybridized carbons (Fsp3) is 0.0526. The molecule has 120 valence electrons. The number of benzene rings is 2. The van der Waals surface area contributed by atoms with E-state index in [2.05, 4.69) is 10.3 Å². The molecule has 0 aliphatic heterocycles. The number of aromatic nitrogens is 1. The number of carbonyl (C=O) groups is 1. The Hall–Kier alpha value is -2.85. The first-order chi connectivity index (χ1) is 11.6. The van der Waals surface area contributed by atoms with E-state index in [0.717, 1.165) is 22.0 Å². The monoisotopic (exact) mass is 338 g/mol. The summed E-state index contributed by atoms with van der Waals surface area (Å²) in [4.78, 5) is 26.5. The molecule has 0 saturated carbocycles. The van der Waals surface area contributed by atoms with Gasteiger partial charge in [-0.1, -0.05) is 41.9 Å². The van der Waals surface area contributed by atoms with Crippen LogP contribution in [-0.4, -0.2) is 10.9 Å². The fourth-order valence-corrected chi connectivity index (χ4v) is 2.65. The maximum atomic E-state index is 12.0. The highest BCUT2D eigenvalue weighted by Gasteiger charge is 2.04. The van der Waals surface area contributed by atoms with Crippen molar-refractivity contribution in [3.05, 3.63) is 87.2 Å². The van der Waals surface area contributed by atoms with Crippen LogP contribution >= 0.6 is 11.6 Å². The fourth-order valence-electron chi connectivity index (χ4n) is 2.45. The van der Waals surface area contributed by atoms with Crippen molar-refractivity contribution in [3.8, 4) is 0 Å². The molecule has 1 amide bonds. The summed E-state index contributed by atoms with van der Waals surface area (Å²) in [6, 6.07) is 16.2. The molecule has 0 saturated heterocycles. The van der Waals surface area contributed by atoms with Crippen molar-refractivity contribution in [2.24, 2.45) is 0 Å². The molecule has 0 spiro atoms. The second-order valence-electron chi connectivity index (χ2n) is 5.31. The van der Waals surface area contributed by atoms with Gasteiger partial charge in [-0.3, -0.25) is 9.59 Å². The third-order valence-electron chi connectivity index (χ3n) is 3.57. The molecular weight excluding hydrogens is 324 g/mol. The Morgan fingerprint density at radius 3 is 2.79 bits per heavy atom. The molecule has 1 aromatic heterocycles. The summed E-state index contributed by atoms with van der Waals surface area (Å²) in [5, 5.41) is 4.32. The third-order valence-corrected chi connectivity index (χ3v) is 3.80. The lowest BCUT2D eigenvalue weighted by Crippen LogP contribution is -2.21. The summed E-state index contributed by atoms with van der Waals surface area (Å²) in [7, 11) is 0. The molecule has 2 aromatic carbocycles. The zero-order chi connectivity index (χ0) is 16.9. The minimum atomic E-state index is -0.237. The van der Waals surface area contributed by atoms with Crippen molar-refractivity contribution in [1.29, 1.82) is 0 Å². The summed E-state index contributed by atoms with van der Waals surface area (Å²) in [5.74, 6) is -0.237. The summed E-state index contributed by atoms with van der Waals surface area (Å²) in [6.45, 7) is 0.281. The van der Waals surface area contributed by atoms with E-state index in [1.807, 2.05) is 36.4 Å². The standard InChI is InChI=1S/C19H15ClN2O2/c20-15-5-3-4-13(10-15)8-9-18(23)21-12-14-11-19(24)22-17-7-2-1-6-16(14)17/h1-11H,12H2,(H,21,23)(H,22,24)/b9-8-. The van der Waals surface area contributed by atoms with Crippen LogP contribution in [0.5, 0.6) is 0 Å². The van der Waals surface area contributed by atoms with Crippen LogP contribution < -0.4 is 10.9 Å². The molecule has 4 nitrogen and oxygen atoms in total. The molecule has 0 atom stereocenters. The molecule has 2 N–H and O–H groups in total. The first-order valence-electron chi connectivity index (χ1n) is 7.44. The SMILES string of the molecule is O=C(/C=C\c1cccc(Cl)c1)NCc1cc(=O)[nH]c2ccccc12. The number of hydrogen-bond acceptors (Lipinski definition) is 2. The second kappa shape index (κ2) is 7.15. The predicted molar refractivity (Wildman–Crippen MR) is 96.9 cm³/mol. The average Bonchev–Trinajstić information content (AvgIpc) is 2.57. The van der Waals surface area contributed by atoms with E-state index >= 15 is 0 Å². The van der Waals surface area contributed by atoms with Gasteiger partial charge < -0.3 is 10.3 Å². The van der Waals surface area contributed by atoms with Crippen LogP contribution in [0.4, 0.5) is 0 Å². The Balaban J connectivity index is 1.72. The van der Waals surface area contributed by atoms with Crippen molar-refractivity contribution in [2.75, 3.05) is 0 Å². The number of amides is 1. The second-order valence-corrected chi connectivity index (χ2v) is 5.75. The van der Waals surface area contributed by atoms with Gasteiger partial charge in [-0.15, -0.1) is 0 Å². The topological polar surface area (TPSA) is 62.0 Å². The number of rotatable bonds is 4. The zero-order valence-electron chi connectivity index (χ0n) is 12.8. The first kappa shape index (κ1) is 16.0. The smallest absolute Gasteiger partial charge is 0.248 e. The average molecular weight is 339 g/mol. The van der Waals surface area contributed by atoms with Gasteiger partial charge in [0.1, 0.15) is 0 Å². The lowest BCUT2D eigenvalue weighted by molar-refractivity contribution is -0.116. The van der Waals surface area contributed by atoms with Crippen LogP contribution in [-0.2, 0) is 11.3 Å². The predicted octanol–water partition coefficient (Wildman–Crippen LogP) is 3.51. The molecule has 24 heavy (non-hydrogen) atoms. The number of hydrogen-bond donors (Lipinski definition) is 2. The largest absolute Gasteiger partial charge is 0.348 e. The molecule has 3 aromatic rings. The summed E-state index contributed by atoms with van der Waals surface area (Å²) >= 11 is 5.90. The molecule has 1 heterocycles. The van der Waals surface area contributed by atoms with E-state index in [9.17, 15) is 9.59 Å². The van der Waals surface area contributed by atoms with E-state index in [4.69, 9.17) is 11.6 Å². The highest BCUT2D eigenvalue weighted by molar-refractivity contribution is 6.30. The quantitative estimate of drug-likeness (QED) is 0.715. The van der Waals surface area contributed by atoms with Crippen molar-refractivity contribution in [3.63, 3.8) is 0 Å². The summed E-state index contributed by atoms with van der Waals surface area (Å²) in [5.41, 5.74) is 2.19. The first-order valence-corrected chi connectivity index (χ1v) is 7.82. The number of nitrogens with one attached hydrogen (secondary N) is 2. The minimum Gasteiger partial charge on any atom is -0.348 e. The molecule has 5 heteroatoms. The van der Waals surface area contributed by atoms with Crippen molar-refractivity contribution in [1.82, 2.24) is 10.3 Å². The van der Waals surface area contributed by atoms with Gasteiger partial charge in [0.2, 0.25) is 11.5 Å². The lowest BCUT2D eigenvalue weighted by atomic mass is 10.1. The van der Waals surface area contributed by atoms with Gasteiger partial charge in [0, 0.05) is 34.6 Å². The number of para-hydroxylation sites is 1. The Labute approximate surface area is 143 Å². The van der Waals surface area contributed by atoms with Gasteiger partial charge in [-0.05, 0) is 35.4 Å². The van der Waals surface area contributed by atoms with E-state index in [1.165, 1.54) is 12.1 Å². The van der Waals surface area contributed by atoms with Crippen LogP contribution in [0, 0.1) is 0 Å².